The van der Waals surface area contributed by atoms with Crippen molar-refractivity contribution in [2.75, 3.05) is 36.9 Å². The molecule has 4 rings (SSSR count). The highest BCUT2D eigenvalue weighted by atomic mass is 35.5. The summed E-state index contributed by atoms with van der Waals surface area (Å²) in [5.41, 5.74) is 4.48. The van der Waals surface area contributed by atoms with Gasteiger partial charge in [0.05, 0.1) is 6.20 Å². The van der Waals surface area contributed by atoms with Crippen LogP contribution in [0.15, 0.2) is 48.7 Å². The fraction of sp³-hybridized carbons (Fsp3) is 0.292. The fourth-order valence-electron chi connectivity index (χ4n) is 3.73. The summed E-state index contributed by atoms with van der Waals surface area (Å²) in [7, 11) is 0. The van der Waals surface area contributed by atoms with Gasteiger partial charge in [0.1, 0.15) is 16.8 Å². The molecule has 164 valence electrons. The molecule has 0 spiro atoms. The molecule has 1 aliphatic rings. The Kier molecular flexibility index (Phi) is 7.05. The van der Waals surface area contributed by atoms with Crippen molar-refractivity contribution in [1.29, 1.82) is 5.26 Å². The number of anilines is 4. The number of nitriles is 1. The van der Waals surface area contributed by atoms with Gasteiger partial charge in [0.2, 0.25) is 5.95 Å². The van der Waals surface area contributed by atoms with Crippen molar-refractivity contribution < 1.29 is 4.74 Å². The highest BCUT2D eigenvalue weighted by Gasteiger charge is 2.14. The lowest BCUT2D eigenvalue weighted by Gasteiger charge is -2.16. The molecule has 0 radical (unpaired) electrons. The molecule has 2 heterocycles. The van der Waals surface area contributed by atoms with E-state index in [4.69, 9.17) is 21.6 Å². The second-order valence-corrected chi connectivity index (χ2v) is 7.94. The highest BCUT2D eigenvalue weighted by Crippen LogP contribution is 2.27. The van der Waals surface area contributed by atoms with Gasteiger partial charge < -0.3 is 20.3 Å². The van der Waals surface area contributed by atoms with Crippen LogP contribution in [-0.2, 0) is 12.8 Å². The molecule has 2 aromatic carbocycles. The fourth-order valence-corrected chi connectivity index (χ4v) is 3.86. The van der Waals surface area contributed by atoms with Gasteiger partial charge in [0.15, 0.2) is 12.4 Å². The third-order valence-electron chi connectivity index (χ3n) is 5.45. The van der Waals surface area contributed by atoms with Crippen LogP contribution in [0.5, 0.6) is 5.75 Å². The van der Waals surface area contributed by atoms with Gasteiger partial charge in [-0.2, -0.15) is 10.2 Å². The molecule has 3 aromatic rings. The third-order valence-corrected chi connectivity index (χ3v) is 5.73. The van der Waals surface area contributed by atoms with Gasteiger partial charge in [0.25, 0.3) is 0 Å². The zero-order chi connectivity index (χ0) is 22.3. The average Bonchev–Trinajstić information content (AvgIpc) is 3.02. The zero-order valence-corrected chi connectivity index (χ0v) is 18.7. The summed E-state index contributed by atoms with van der Waals surface area (Å²) in [4.78, 5) is 11.4. The Morgan fingerprint density at radius 2 is 1.91 bits per heavy atom. The van der Waals surface area contributed by atoms with Crippen LogP contribution in [-0.4, -0.2) is 41.1 Å². The molecule has 0 unspecified atom stereocenters. The molecular formula is C24H25ClN6O. The van der Waals surface area contributed by atoms with Gasteiger partial charge in [-0.05, 0) is 54.8 Å². The highest BCUT2D eigenvalue weighted by molar-refractivity contribution is 6.32. The number of halogens is 1. The normalized spacial score (nSPS) is 13.5. The quantitative estimate of drug-likeness (QED) is 0.529. The van der Waals surface area contributed by atoms with Crippen LogP contribution in [0.25, 0.3) is 0 Å². The Balaban J connectivity index is 1.49. The number of ether oxygens (including phenoxy) is 1. The van der Waals surface area contributed by atoms with Crippen molar-refractivity contribution in [3.8, 4) is 11.8 Å². The lowest BCUT2D eigenvalue weighted by atomic mass is 10.0. The van der Waals surface area contributed by atoms with Gasteiger partial charge in [0, 0.05) is 30.5 Å². The smallest absolute Gasteiger partial charge is 0.229 e. The van der Waals surface area contributed by atoms with Crippen molar-refractivity contribution in [3.05, 3.63) is 64.8 Å². The lowest BCUT2D eigenvalue weighted by Crippen LogP contribution is -2.25. The topological polar surface area (TPSA) is 86.1 Å². The molecule has 7 nitrogen and oxygen atoms in total. The third kappa shape index (κ3) is 5.47. The Bertz CT molecular complexity index is 1130. The Morgan fingerprint density at radius 3 is 2.72 bits per heavy atom. The van der Waals surface area contributed by atoms with E-state index in [-0.39, 0.29) is 6.61 Å². The van der Waals surface area contributed by atoms with Crippen LogP contribution < -0.4 is 15.4 Å². The molecule has 0 bridgehead atoms. The first-order valence-corrected chi connectivity index (χ1v) is 11.0. The van der Waals surface area contributed by atoms with E-state index < -0.39 is 0 Å². The number of likely N-dealkylation sites (N-methyl/N-ethyl adjacent to an activating group) is 1. The number of nitrogens with zero attached hydrogens (tertiary/aromatic N) is 4. The average molecular weight is 449 g/mol. The molecule has 0 aliphatic carbocycles. The molecule has 1 aromatic heterocycles. The first kappa shape index (κ1) is 21.9. The molecule has 0 saturated heterocycles. The van der Waals surface area contributed by atoms with Gasteiger partial charge in [-0.3, -0.25) is 0 Å². The van der Waals surface area contributed by atoms with E-state index in [9.17, 15) is 0 Å². The minimum Gasteiger partial charge on any atom is -0.479 e. The number of benzene rings is 2. The van der Waals surface area contributed by atoms with E-state index in [0.717, 1.165) is 43.9 Å². The lowest BCUT2D eigenvalue weighted by molar-refractivity contribution is 0.303. The molecule has 2 N–H and O–H groups in total. The summed E-state index contributed by atoms with van der Waals surface area (Å²) in [6, 6.07) is 15.7. The van der Waals surface area contributed by atoms with E-state index in [0.29, 0.717) is 22.5 Å². The second kappa shape index (κ2) is 10.3. The van der Waals surface area contributed by atoms with Gasteiger partial charge in [-0.15, -0.1) is 0 Å². The molecule has 1 aliphatic heterocycles. The first-order chi connectivity index (χ1) is 15.6. The minimum absolute atomic E-state index is 0.0109. The van der Waals surface area contributed by atoms with E-state index >= 15 is 0 Å². The summed E-state index contributed by atoms with van der Waals surface area (Å²) in [5, 5.41) is 15.6. The SMILES string of the molecule is CCN1CCc2ccc(Nc3ncc(Cl)c(Nc4cccc(OCC#N)c4)n3)cc2CC1. The van der Waals surface area contributed by atoms with E-state index in [1.165, 1.54) is 11.1 Å². The number of aromatic nitrogens is 2. The molecule has 0 amide bonds. The van der Waals surface area contributed by atoms with Crippen molar-refractivity contribution in [1.82, 2.24) is 14.9 Å². The van der Waals surface area contributed by atoms with E-state index in [2.05, 4.69) is 50.6 Å². The van der Waals surface area contributed by atoms with Crippen LogP contribution in [0.3, 0.4) is 0 Å². The number of fused-ring (bicyclic) bond motifs is 1. The maximum Gasteiger partial charge on any atom is 0.229 e. The largest absolute Gasteiger partial charge is 0.479 e. The van der Waals surface area contributed by atoms with E-state index in [1.54, 1.807) is 18.3 Å². The van der Waals surface area contributed by atoms with Gasteiger partial charge in [-0.25, -0.2) is 4.98 Å². The number of hydrogen-bond acceptors (Lipinski definition) is 7. The molecule has 0 atom stereocenters. The Hall–Kier alpha value is -3.34. The van der Waals surface area contributed by atoms with Crippen molar-refractivity contribution in [2.24, 2.45) is 0 Å². The van der Waals surface area contributed by atoms with E-state index in [1.807, 2.05) is 18.2 Å². The molecule has 8 heteroatoms. The van der Waals surface area contributed by atoms with Gasteiger partial charge >= 0.3 is 0 Å². The van der Waals surface area contributed by atoms with Crippen LogP contribution >= 0.6 is 11.6 Å². The predicted octanol–water partition coefficient (Wildman–Crippen LogP) is 4.94. The zero-order valence-electron chi connectivity index (χ0n) is 17.9. The monoisotopic (exact) mass is 448 g/mol. The molecule has 0 saturated carbocycles. The summed E-state index contributed by atoms with van der Waals surface area (Å²) in [6.45, 7) is 5.47. The predicted molar refractivity (Wildman–Crippen MR) is 127 cm³/mol. The van der Waals surface area contributed by atoms with Crippen LogP contribution in [0.1, 0.15) is 18.1 Å². The number of rotatable bonds is 7. The maximum atomic E-state index is 8.69. The number of nitrogens with one attached hydrogen (secondary N) is 2. The summed E-state index contributed by atoms with van der Waals surface area (Å²) < 4.78 is 5.35. The second-order valence-electron chi connectivity index (χ2n) is 7.53. The molecule has 32 heavy (non-hydrogen) atoms. The standard InChI is InChI=1S/C24H25ClN6O/c1-2-31-11-8-17-6-7-20(14-18(17)9-12-31)29-24-27-16-22(25)23(30-24)28-19-4-3-5-21(15-19)32-13-10-26/h3-7,14-16H,2,8-9,11-13H2,1H3,(H2,27,28,29,30). The van der Waals surface area contributed by atoms with Crippen molar-refractivity contribution >= 4 is 34.7 Å². The molecule has 0 fully saturated rings. The Labute approximate surface area is 193 Å². The summed E-state index contributed by atoms with van der Waals surface area (Å²) in [6.07, 6.45) is 3.68. The van der Waals surface area contributed by atoms with Crippen LogP contribution in [0.2, 0.25) is 5.02 Å². The maximum absolute atomic E-state index is 8.69. The Morgan fingerprint density at radius 1 is 1.09 bits per heavy atom. The molecular weight excluding hydrogens is 424 g/mol. The first-order valence-electron chi connectivity index (χ1n) is 10.6. The van der Waals surface area contributed by atoms with Crippen molar-refractivity contribution in [2.45, 2.75) is 19.8 Å². The summed E-state index contributed by atoms with van der Waals surface area (Å²) in [5.74, 6) is 1.53. The van der Waals surface area contributed by atoms with Crippen LogP contribution in [0.4, 0.5) is 23.1 Å². The van der Waals surface area contributed by atoms with Gasteiger partial charge in [-0.1, -0.05) is 30.7 Å². The minimum atomic E-state index is -0.0109. The number of hydrogen-bond donors (Lipinski definition) is 2. The van der Waals surface area contributed by atoms with Crippen molar-refractivity contribution in [3.63, 3.8) is 0 Å². The summed E-state index contributed by atoms with van der Waals surface area (Å²) >= 11 is 6.32. The van der Waals surface area contributed by atoms with Crippen LogP contribution in [0, 0.1) is 11.3 Å².